The van der Waals surface area contributed by atoms with Crippen LogP contribution in [0.4, 0.5) is 0 Å². The summed E-state index contributed by atoms with van der Waals surface area (Å²) in [6.45, 7) is 7.06. The van der Waals surface area contributed by atoms with E-state index in [9.17, 15) is 0 Å². The van der Waals surface area contributed by atoms with Crippen molar-refractivity contribution in [2.24, 2.45) is 11.3 Å². The SMILES string of the molecule is CNC(c1sccc1C)C1CCC(C)(C)CC1. The minimum Gasteiger partial charge on any atom is -0.312 e. The molecular formula is C15H25NS. The van der Waals surface area contributed by atoms with E-state index in [4.69, 9.17) is 0 Å². The topological polar surface area (TPSA) is 12.0 Å². The van der Waals surface area contributed by atoms with Gasteiger partial charge in [-0.2, -0.15) is 0 Å². The van der Waals surface area contributed by atoms with Gasteiger partial charge in [-0.05, 0) is 68.0 Å². The first-order valence-corrected chi connectivity index (χ1v) is 7.63. The fourth-order valence-corrected chi connectivity index (χ4v) is 4.17. The zero-order chi connectivity index (χ0) is 12.5. The predicted octanol–water partition coefficient (Wildman–Crippen LogP) is 4.53. The van der Waals surface area contributed by atoms with Gasteiger partial charge in [-0.15, -0.1) is 11.3 Å². The summed E-state index contributed by atoms with van der Waals surface area (Å²) >= 11 is 1.91. The molecule has 1 aliphatic rings. The van der Waals surface area contributed by atoms with Crippen LogP contribution in [0.25, 0.3) is 0 Å². The molecule has 2 heteroatoms. The van der Waals surface area contributed by atoms with Gasteiger partial charge < -0.3 is 5.32 Å². The lowest BCUT2D eigenvalue weighted by Crippen LogP contribution is -2.30. The number of rotatable bonds is 3. The Labute approximate surface area is 110 Å². The molecule has 96 valence electrons. The van der Waals surface area contributed by atoms with Crippen LogP contribution in [-0.2, 0) is 0 Å². The lowest BCUT2D eigenvalue weighted by atomic mass is 9.71. The third kappa shape index (κ3) is 2.92. The zero-order valence-corrected chi connectivity index (χ0v) is 12.4. The second kappa shape index (κ2) is 5.11. The smallest absolute Gasteiger partial charge is 0.0443 e. The molecule has 17 heavy (non-hydrogen) atoms. The Bertz CT molecular complexity index is 357. The molecule has 0 amide bonds. The fraction of sp³-hybridized carbons (Fsp3) is 0.733. The molecule has 0 spiro atoms. The van der Waals surface area contributed by atoms with E-state index in [0.29, 0.717) is 11.5 Å². The number of thiophene rings is 1. The van der Waals surface area contributed by atoms with E-state index in [0.717, 1.165) is 5.92 Å². The van der Waals surface area contributed by atoms with Gasteiger partial charge in [0.2, 0.25) is 0 Å². The van der Waals surface area contributed by atoms with Crippen molar-refractivity contribution >= 4 is 11.3 Å². The van der Waals surface area contributed by atoms with Crippen molar-refractivity contribution in [3.63, 3.8) is 0 Å². The van der Waals surface area contributed by atoms with Crippen LogP contribution < -0.4 is 5.32 Å². The van der Waals surface area contributed by atoms with E-state index in [2.05, 4.69) is 44.6 Å². The Hall–Kier alpha value is -0.340. The van der Waals surface area contributed by atoms with Crippen LogP contribution in [-0.4, -0.2) is 7.05 Å². The van der Waals surface area contributed by atoms with E-state index in [-0.39, 0.29) is 0 Å². The van der Waals surface area contributed by atoms with Crippen LogP contribution in [0.3, 0.4) is 0 Å². The highest BCUT2D eigenvalue weighted by molar-refractivity contribution is 7.10. The largest absolute Gasteiger partial charge is 0.312 e. The number of aryl methyl sites for hydroxylation is 1. The van der Waals surface area contributed by atoms with Crippen molar-refractivity contribution in [3.8, 4) is 0 Å². The Morgan fingerprint density at radius 1 is 1.35 bits per heavy atom. The summed E-state index contributed by atoms with van der Waals surface area (Å²) in [6, 6.07) is 2.82. The molecule has 1 aliphatic carbocycles. The first-order chi connectivity index (χ1) is 8.03. The predicted molar refractivity (Wildman–Crippen MR) is 76.6 cm³/mol. The van der Waals surface area contributed by atoms with Crippen molar-refractivity contribution in [3.05, 3.63) is 21.9 Å². The van der Waals surface area contributed by atoms with Crippen molar-refractivity contribution < 1.29 is 0 Å². The standard InChI is InChI=1S/C15H25NS/c1-11-7-10-17-14(11)13(16-4)12-5-8-15(2,3)9-6-12/h7,10,12-13,16H,5-6,8-9H2,1-4H3. The molecule has 1 fully saturated rings. The average Bonchev–Trinajstić information content (AvgIpc) is 2.69. The second-order valence-electron chi connectivity index (χ2n) is 6.24. The van der Waals surface area contributed by atoms with Crippen LogP contribution in [0.15, 0.2) is 11.4 Å². The van der Waals surface area contributed by atoms with Crippen LogP contribution in [0.1, 0.15) is 56.0 Å². The lowest BCUT2D eigenvalue weighted by molar-refractivity contribution is 0.165. The maximum absolute atomic E-state index is 3.55. The fourth-order valence-electron chi connectivity index (χ4n) is 3.04. The molecule has 2 rings (SSSR count). The summed E-state index contributed by atoms with van der Waals surface area (Å²) in [7, 11) is 2.11. The minimum atomic E-state index is 0.569. The van der Waals surface area contributed by atoms with Crippen molar-refractivity contribution in [2.45, 2.75) is 52.5 Å². The highest BCUT2D eigenvalue weighted by atomic mass is 32.1. The Balaban J connectivity index is 2.08. The highest BCUT2D eigenvalue weighted by Gasteiger charge is 2.32. The second-order valence-corrected chi connectivity index (χ2v) is 7.18. The van der Waals surface area contributed by atoms with Crippen LogP contribution >= 0.6 is 11.3 Å². The van der Waals surface area contributed by atoms with Gasteiger partial charge in [0.1, 0.15) is 0 Å². The molecule has 1 N–H and O–H groups in total. The zero-order valence-electron chi connectivity index (χ0n) is 11.5. The first-order valence-electron chi connectivity index (χ1n) is 6.75. The minimum absolute atomic E-state index is 0.569. The molecule has 1 aromatic rings. The third-order valence-corrected chi connectivity index (χ3v) is 5.45. The van der Waals surface area contributed by atoms with Gasteiger partial charge in [-0.25, -0.2) is 0 Å². The molecule has 0 aliphatic heterocycles. The molecule has 1 nitrogen and oxygen atoms in total. The quantitative estimate of drug-likeness (QED) is 0.832. The number of nitrogens with one attached hydrogen (secondary N) is 1. The summed E-state index contributed by atoms with van der Waals surface area (Å²) in [5.74, 6) is 0.824. The van der Waals surface area contributed by atoms with Gasteiger partial charge in [0.15, 0.2) is 0 Å². The number of hydrogen-bond donors (Lipinski definition) is 1. The summed E-state index contributed by atoms with van der Waals surface area (Å²) in [6.07, 6.45) is 5.49. The molecule has 1 atom stereocenters. The van der Waals surface area contributed by atoms with E-state index in [1.54, 1.807) is 4.88 Å². The van der Waals surface area contributed by atoms with Gasteiger partial charge in [-0.3, -0.25) is 0 Å². The molecule has 0 bridgehead atoms. The molecule has 1 heterocycles. The first kappa shape index (κ1) is 13.1. The maximum atomic E-state index is 3.55. The summed E-state index contributed by atoms with van der Waals surface area (Å²) < 4.78 is 0. The normalized spacial score (nSPS) is 22.6. The van der Waals surface area contributed by atoms with E-state index in [1.165, 1.54) is 31.2 Å². The molecule has 0 saturated heterocycles. The van der Waals surface area contributed by atoms with E-state index >= 15 is 0 Å². The molecule has 1 unspecified atom stereocenters. The van der Waals surface area contributed by atoms with Gasteiger partial charge in [0.25, 0.3) is 0 Å². The molecule has 0 radical (unpaired) electrons. The van der Waals surface area contributed by atoms with Crippen LogP contribution in [0, 0.1) is 18.3 Å². The number of hydrogen-bond acceptors (Lipinski definition) is 2. The van der Waals surface area contributed by atoms with Crippen molar-refractivity contribution in [1.82, 2.24) is 5.32 Å². The van der Waals surface area contributed by atoms with Crippen LogP contribution in [0.2, 0.25) is 0 Å². The monoisotopic (exact) mass is 251 g/mol. The summed E-state index contributed by atoms with van der Waals surface area (Å²) in [5.41, 5.74) is 2.03. The Kier molecular flexibility index (Phi) is 3.94. The van der Waals surface area contributed by atoms with Gasteiger partial charge in [-0.1, -0.05) is 13.8 Å². The molecule has 1 aromatic heterocycles. The van der Waals surface area contributed by atoms with Gasteiger partial charge >= 0.3 is 0 Å². The molecular weight excluding hydrogens is 226 g/mol. The Morgan fingerprint density at radius 3 is 2.47 bits per heavy atom. The van der Waals surface area contributed by atoms with Crippen molar-refractivity contribution in [1.29, 1.82) is 0 Å². The summed E-state index contributed by atoms with van der Waals surface area (Å²) in [5, 5.41) is 5.78. The molecule has 1 saturated carbocycles. The van der Waals surface area contributed by atoms with Crippen LogP contribution in [0.5, 0.6) is 0 Å². The highest BCUT2D eigenvalue weighted by Crippen LogP contribution is 2.43. The average molecular weight is 251 g/mol. The van der Waals surface area contributed by atoms with Crippen molar-refractivity contribution in [2.75, 3.05) is 7.05 Å². The maximum Gasteiger partial charge on any atom is 0.0443 e. The van der Waals surface area contributed by atoms with E-state index in [1.807, 2.05) is 11.3 Å². The Morgan fingerprint density at radius 2 is 2.00 bits per heavy atom. The van der Waals surface area contributed by atoms with Gasteiger partial charge in [0.05, 0.1) is 0 Å². The summed E-state index contributed by atoms with van der Waals surface area (Å²) in [4.78, 5) is 1.55. The lowest BCUT2D eigenvalue weighted by Gasteiger charge is -2.38. The third-order valence-electron chi connectivity index (χ3n) is 4.35. The van der Waals surface area contributed by atoms with Gasteiger partial charge in [0, 0.05) is 10.9 Å². The van der Waals surface area contributed by atoms with E-state index < -0.39 is 0 Å². The molecule has 0 aromatic carbocycles.